The molecule has 1 aromatic rings. The zero-order valence-electron chi connectivity index (χ0n) is 11.9. The molecule has 2 heterocycles. The van der Waals surface area contributed by atoms with E-state index in [0.717, 1.165) is 11.4 Å². The van der Waals surface area contributed by atoms with Crippen LogP contribution in [0.5, 0.6) is 0 Å². The van der Waals surface area contributed by atoms with Crippen molar-refractivity contribution in [3.8, 4) is 0 Å². The lowest BCUT2D eigenvalue weighted by Gasteiger charge is -2.26. The number of methoxy groups -OCH3 is 1. The molecule has 0 aromatic carbocycles. The van der Waals surface area contributed by atoms with E-state index >= 15 is 0 Å². The second-order valence-electron chi connectivity index (χ2n) is 4.54. The molecule has 6 nitrogen and oxygen atoms in total. The Balaban J connectivity index is 2.03. The van der Waals surface area contributed by atoms with Crippen molar-refractivity contribution in [2.24, 2.45) is 5.73 Å². The molecule has 0 fully saturated rings. The summed E-state index contributed by atoms with van der Waals surface area (Å²) in [6.07, 6.45) is 0.556. The molecule has 3 N–H and O–H groups in total. The number of ether oxygens (including phenoxy) is 2. The van der Waals surface area contributed by atoms with Gasteiger partial charge in [-0.05, 0) is 12.0 Å². The van der Waals surface area contributed by atoms with Crippen LogP contribution in [0, 0.1) is 0 Å². The number of nitrogens with one attached hydrogen (secondary N) is 1. The van der Waals surface area contributed by atoms with Crippen LogP contribution in [0.2, 0.25) is 0 Å². The fourth-order valence-electron chi connectivity index (χ4n) is 2.35. The minimum Gasteiger partial charge on any atom is -0.447 e. The topological polar surface area (TPSA) is 76.8 Å². The van der Waals surface area contributed by atoms with Crippen LogP contribution in [-0.4, -0.2) is 44.9 Å². The van der Waals surface area contributed by atoms with E-state index in [1.165, 1.54) is 16.0 Å². The third-order valence-corrected chi connectivity index (χ3v) is 4.65. The molecule has 1 aliphatic heterocycles. The zero-order valence-corrected chi connectivity index (χ0v) is 12.7. The largest absolute Gasteiger partial charge is 0.447 e. The minimum atomic E-state index is -0.276. The average molecular weight is 299 g/mol. The predicted octanol–water partition coefficient (Wildman–Crippen LogP) is 1.39. The number of nitrogens with zero attached hydrogens (tertiary/aromatic N) is 1. The highest BCUT2D eigenvalue weighted by Gasteiger charge is 2.26. The minimum absolute atomic E-state index is 0.276. The van der Waals surface area contributed by atoms with E-state index in [2.05, 4.69) is 5.32 Å². The zero-order chi connectivity index (χ0) is 14.5. The maximum Gasteiger partial charge on any atom is 0.410 e. The Morgan fingerprint density at radius 2 is 2.30 bits per heavy atom. The van der Waals surface area contributed by atoms with Crippen LogP contribution in [0.15, 0.2) is 0 Å². The fourth-order valence-corrected chi connectivity index (χ4v) is 3.59. The first-order valence-electron chi connectivity index (χ1n) is 6.63. The summed E-state index contributed by atoms with van der Waals surface area (Å²) in [5.74, 6) is 0. The van der Waals surface area contributed by atoms with Crippen LogP contribution < -0.4 is 11.1 Å². The Labute approximate surface area is 122 Å². The number of carbonyl (C=O) groups excluding carboxylic acids is 1. The Hall–Kier alpha value is -1.31. The molecular weight excluding hydrogens is 278 g/mol. The highest BCUT2D eigenvalue weighted by molar-refractivity contribution is 7.16. The molecule has 0 spiro atoms. The van der Waals surface area contributed by atoms with Crippen LogP contribution in [0.1, 0.15) is 16.0 Å². The number of anilines is 1. The molecule has 112 valence electrons. The van der Waals surface area contributed by atoms with Crippen molar-refractivity contribution in [1.29, 1.82) is 0 Å². The summed E-state index contributed by atoms with van der Waals surface area (Å²) in [6, 6.07) is 0. The van der Waals surface area contributed by atoms with E-state index in [9.17, 15) is 4.79 Å². The number of rotatable bonds is 5. The molecular formula is C13H21N3O3S. The molecule has 0 unspecified atom stereocenters. The highest BCUT2D eigenvalue weighted by atomic mass is 32.1. The summed E-state index contributed by atoms with van der Waals surface area (Å²) >= 11 is 1.67. The lowest BCUT2D eigenvalue weighted by atomic mass is 10.0. The SMILES string of the molecule is CNc1sc2c(c1CN)CCN(C(=O)OCCOC)C2. The molecule has 0 saturated carbocycles. The van der Waals surface area contributed by atoms with Crippen molar-refractivity contribution in [1.82, 2.24) is 4.90 Å². The van der Waals surface area contributed by atoms with Crippen LogP contribution in [0.25, 0.3) is 0 Å². The van der Waals surface area contributed by atoms with Crippen LogP contribution in [-0.2, 0) is 29.0 Å². The third-order valence-electron chi connectivity index (χ3n) is 3.37. The monoisotopic (exact) mass is 299 g/mol. The normalized spacial score (nSPS) is 14.1. The molecule has 0 bridgehead atoms. The number of fused-ring (bicyclic) bond motifs is 1. The first-order valence-corrected chi connectivity index (χ1v) is 7.44. The maximum atomic E-state index is 11.9. The molecule has 0 atom stereocenters. The van der Waals surface area contributed by atoms with Crippen molar-refractivity contribution < 1.29 is 14.3 Å². The van der Waals surface area contributed by atoms with Gasteiger partial charge in [-0.25, -0.2) is 4.79 Å². The van der Waals surface area contributed by atoms with Crippen LogP contribution >= 0.6 is 11.3 Å². The van der Waals surface area contributed by atoms with Gasteiger partial charge in [0.15, 0.2) is 0 Å². The van der Waals surface area contributed by atoms with Gasteiger partial charge in [0.05, 0.1) is 18.2 Å². The van der Waals surface area contributed by atoms with Crippen molar-refractivity contribution in [3.05, 3.63) is 16.0 Å². The number of hydrogen-bond acceptors (Lipinski definition) is 6. The van der Waals surface area contributed by atoms with Crippen LogP contribution in [0.4, 0.5) is 9.80 Å². The molecule has 2 rings (SSSR count). The van der Waals surface area contributed by atoms with E-state index in [-0.39, 0.29) is 6.09 Å². The quantitative estimate of drug-likeness (QED) is 0.804. The van der Waals surface area contributed by atoms with E-state index in [0.29, 0.717) is 32.8 Å². The van der Waals surface area contributed by atoms with Gasteiger partial charge in [-0.3, -0.25) is 0 Å². The molecule has 0 radical (unpaired) electrons. The lowest BCUT2D eigenvalue weighted by Crippen LogP contribution is -2.36. The van der Waals surface area contributed by atoms with Gasteiger partial charge in [-0.2, -0.15) is 0 Å². The number of hydrogen-bond donors (Lipinski definition) is 2. The average Bonchev–Trinajstić information content (AvgIpc) is 2.83. The predicted molar refractivity (Wildman–Crippen MR) is 79.1 cm³/mol. The Kier molecular flexibility index (Phi) is 5.22. The first-order chi connectivity index (χ1) is 9.71. The number of nitrogens with two attached hydrogens (primary N) is 1. The van der Waals surface area contributed by atoms with E-state index in [1.54, 1.807) is 23.3 Å². The van der Waals surface area contributed by atoms with Gasteiger partial charge >= 0.3 is 6.09 Å². The number of carbonyl (C=O) groups is 1. The Bertz CT molecular complexity index is 476. The molecule has 1 aromatic heterocycles. The van der Waals surface area contributed by atoms with E-state index < -0.39 is 0 Å². The molecule has 0 saturated heterocycles. The summed E-state index contributed by atoms with van der Waals surface area (Å²) in [4.78, 5) is 14.9. The maximum absolute atomic E-state index is 11.9. The molecule has 1 aliphatic rings. The van der Waals surface area contributed by atoms with Gasteiger partial charge in [-0.1, -0.05) is 0 Å². The van der Waals surface area contributed by atoms with E-state index in [4.69, 9.17) is 15.2 Å². The molecule has 0 aliphatic carbocycles. The third kappa shape index (κ3) is 3.05. The van der Waals surface area contributed by atoms with Crippen molar-refractivity contribution >= 4 is 22.4 Å². The van der Waals surface area contributed by atoms with Gasteiger partial charge in [0, 0.05) is 37.7 Å². The summed E-state index contributed by atoms with van der Waals surface area (Å²) in [7, 11) is 3.48. The smallest absolute Gasteiger partial charge is 0.410 e. The van der Waals surface area contributed by atoms with Crippen molar-refractivity contribution in [2.45, 2.75) is 19.5 Å². The lowest BCUT2D eigenvalue weighted by molar-refractivity contribution is 0.0691. The van der Waals surface area contributed by atoms with Crippen molar-refractivity contribution in [3.63, 3.8) is 0 Å². The van der Waals surface area contributed by atoms with Gasteiger partial charge < -0.3 is 25.4 Å². The number of thiophene rings is 1. The summed E-state index contributed by atoms with van der Waals surface area (Å²) in [6.45, 7) is 2.51. The Morgan fingerprint density at radius 3 is 2.95 bits per heavy atom. The fraction of sp³-hybridized carbons (Fsp3) is 0.615. The number of amides is 1. The van der Waals surface area contributed by atoms with E-state index in [1.807, 2.05) is 7.05 Å². The second-order valence-corrected chi connectivity index (χ2v) is 5.65. The molecule has 7 heteroatoms. The van der Waals surface area contributed by atoms with Crippen molar-refractivity contribution in [2.75, 3.05) is 39.2 Å². The van der Waals surface area contributed by atoms with Crippen LogP contribution in [0.3, 0.4) is 0 Å². The van der Waals surface area contributed by atoms with Gasteiger partial charge in [0.2, 0.25) is 0 Å². The van der Waals surface area contributed by atoms with Gasteiger partial charge in [0.25, 0.3) is 0 Å². The second kappa shape index (κ2) is 6.92. The standard InChI is InChI=1S/C13H21N3O3S/c1-15-12-10(7-14)9-3-4-16(8-11(9)20-12)13(17)19-6-5-18-2/h15H,3-8,14H2,1-2H3. The summed E-state index contributed by atoms with van der Waals surface area (Å²) < 4.78 is 10.0. The Morgan fingerprint density at radius 1 is 1.50 bits per heavy atom. The molecule has 20 heavy (non-hydrogen) atoms. The van der Waals surface area contributed by atoms with Gasteiger partial charge in [-0.15, -0.1) is 11.3 Å². The van der Waals surface area contributed by atoms with Gasteiger partial charge in [0.1, 0.15) is 6.61 Å². The summed E-state index contributed by atoms with van der Waals surface area (Å²) in [5, 5.41) is 4.28. The first kappa shape index (κ1) is 15.1. The molecule has 1 amide bonds. The highest BCUT2D eigenvalue weighted by Crippen LogP contribution is 2.36. The summed E-state index contributed by atoms with van der Waals surface area (Å²) in [5.41, 5.74) is 8.29.